The Morgan fingerprint density at radius 1 is 0.875 bits per heavy atom. The van der Waals surface area contributed by atoms with Gasteiger partial charge in [0.25, 0.3) is 0 Å². The van der Waals surface area contributed by atoms with Crippen LogP contribution >= 0.6 is 0 Å². The zero-order valence-electron chi connectivity index (χ0n) is 18.3. The molecule has 0 fully saturated rings. The smallest absolute Gasteiger partial charge is 0.240 e. The van der Waals surface area contributed by atoms with E-state index in [1.807, 2.05) is 48.5 Å². The Kier molecular flexibility index (Phi) is 7.02. The van der Waals surface area contributed by atoms with Gasteiger partial charge >= 0.3 is 0 Å². The molecule has 0 aliphatic rings. The van der Waals surface area contributed by atoms with Crippen LogP contribution in [0, 0.1) is 0 Å². The van der Waals surface area contributed by atoms with Crippen LogP contribution in [-0.2, 0) is 22.9 Å². The molecule has 32 heavy (non-hydrogen) atoms. The van der Waals surface area contributed by atoms with E-state index >= 15 is 0 Å². The van der Waals surface area contributed by atoms with Gasteiger partial charge in [0.15, 0.2) is 11.5 Å². The molecule has 1 aromatic heterocycles. The standard InChI is InChI=1S/C26H28N2O3S/c1-2-3-5-12-21-13-8-9-14-25(21)32(29,30)27-18-17-26-28-23-19-22(15-16-24(23)31-26)20-10-6-4-7-11-20/h4,6-11,13-16,19,27H,2-3,5,12,17-18H2,1H3. The Labute approximate surface area is 189 Å². The summed E-state index contributed by atoms with van der Waals surface area (Å²) < 4.78 is 34.3. The molecule has 1 heterocycles. The second-order valence-corrected chi connectivity index (χ2v) is 9.60. The van der Waals surface area contributed by atoms with Crippen LogP contribution in [0.3, 0.4) is 0 Å². The Balaban J connectivity index is 1.43. The predicted molar refractivity (Wildman–Crippen MR) is 128 cm³/mol. The molecule has 0 saturated heterocycles. The van der Waals surface area contributed by atoms with E-state index in [0.29, 0.717) is 22.8 Å². The summed E-state index contributed by atoms with van der Waals surface area (Å²) in [7, 11) is -3.59. The molecule has 0 unspecified atom stereocenters. The Morgan fingerprint density at radius 2 is 1.66 bits per heavy atom. The first-order valence-corrected chi connectivity index (χ1v) is 12.6. The van der Waals surface area contributed by atoms with Crippen LogP contribution in [0.2, 0.25) is 0 Å². The maximum atomic E-state index is 12.9. The molecule has 0 bridgehead atoms. The van der Waals surface area contributed by atoms with Gasteiger partial charge in [0.05, 0.1) is 4.90 Å². The highest BCUT2D eigenvalue weighted by atomic mass is 32.2. The van der Waals surface area contributed by atoms with Gasteiger partial charge in [-0.1, -0.05) is 74.4 Å². The normalized spacial score (nSPS) is 11.8. The summed E-state index contributed by atoms with van der Waals surface area (Å²) in [5, 5.41) is 0. The molecule has 0 atom stereocenters. The largest absolute Gasteiger partial charge is 0.441 e. The summed E-state index contributed by atoms with van der Waals surface area (Å²) in [5.74, 6) is 0.518. The average molecular weight is 449 g/mol. The summed E-state index contributed by atoms with van der Waals surface area (Å²) in [6.45, 7) is 2.36. The van der Waals surface area contributed by atoms with Crippen LogP contribution in [0.1, 0.15) is 37.6 Å². The molecular formula is C26H28N2O3S. The molecule has 0 saturated carbocycles. The molecule has 4 aromatic rings. The molecule has 3 aromatic carbocycles. The quantitative estimate of drug-likeness (QED) is 0.314. The Morgan fingerprint density at radius 3 is 2.47 bits per heavy atom. The first kappa shape index (κ1) is 22.2. The highest BCUT2D eigenvalue weighted by Crippen LogP contribution is 2.25. The third-order valence-corrected chi connectivity index (χ3v) is 7.04. The van der Waals surface area contributed by atoms with E-state index in [1.54, 1.807) is 12.1 Å². The highest BCUT2D eigenvalue weighted by molar-refractivity contribution is 7.89. The number of hydrogen-bond acceptors (Lipinski definition) is 4. The van der Waals surface area contributed by atoms with E-state index < -0.39 is 10.0 Å². The molecule has 0 aliphatic heterocycles. The van der Waals surface area contributed by atoms with Gasteiger partial charge in [-0.05, 0) is 47.7 Å². The molecule has 0 aliphatic carbocycles. The topological polar surface area (TPSA) is 72.2 Å². The van der Waals surface area contributed by atoms with Crippen molar-refractivity contribution in [1.82, 2.24) is 9.71 Å². The van der Waals surface area contributed by atoms with Crippen molar-refractivity contribution in [1.29, 1.82) is 0 Å². The van der Waals surface area contributed by atoms with Gasteiger partial charge in [-0.2, -0.15) is 0 Å². The second-order valence-electron chi connectivity index (χ2n) is 7.87. The number of unbranched alkanes of at least 4 members (excludes halogenated alkanes) is 2. The molecule has 0 amide bonds. The zero-order valence-corrected chi connectivity index (χ0v) is 19.1. The summed E-state index contributed by atoms with van der Waals surface area (Å²) in [4.78, 5) is 4.92. The van der Waals surface area contributed by atoms with Gasteiger partial charge in [0.2, 0.25) is 10.0 Å². The van der Waals surface area contributed by atoms with Crippen molar-refractivity contribution in [2.45, 2.75) is 43.9 Å². The number of rotatable bonds is 10. The van der Waals surface area contributed by atoms with Crippen molar-refractivity contribution in [3.8, 4) is 11.1 Å². The maximum absolute atomic E-state index is 12.9. The molecule has 6 heteroatoms. The molecule has 0 radical (unpaired) electrons. The molecule has 1 N–H and O–H groups in total. The number of sulfonamides is 1. The van der Waals surface area contributed by atoms with Gasteiger partial charge in [0, 0.05) is 13.0 Å². The van der Waals surface area contributed by atoms with Crippen molar-refractivity contribution in [3.63, 3.8) is 0 Å². The van der Waals surface area contributed by atoms with Gasteiger partial charge in [-0.15, -0.1) is 0 Å². The Bertz CT molecular complexity index is 1280. The summed E-state index contributed by atoms with van der Waals surface area (Å²) in [5.41, 5.74) is 4.51. The fourth-order valence-corrected chi connectivity index (χ4v) is 5.10. The second kappa shape index (κ2) is 10.1. The number of hydrogen-bond donors (Lipinski definition) is 1. The van der Waals surface area contributed by atoms with E-state index in [4.69, 9.17) is 4.42 Å². The van der Waals surface area contributed by atoms with E-state index in [1.165, 1.54) is 0 Å². The average Bonchev–Trinajstić information content (AvgIpc) is 3.22. The van der Waals surface area contributed by atoms with Gasteiger partial charge in [-0.25, -0.2) is 18.1 Å². The number of fused-ring (bicyclic) bond motifs is 1. The van der Waals surface area contributed by atoms with Crippen LogP contribution in [0.25, 0.3) is 22.2 Å². The van der Waals surface area contributed by atoms with Crippen LogP contribution in [0.5, 0.6) is 0 Å². The Hall–Kier alpha value is -2.96. The van der Waals surface area contributed by atoms with Gasteiger partial charge < -0.3 is 4.42 Å². The summed E-state index contributed by atoms with van der Waals surface area (Å²) >= 11 is 0. The van der Waals surface area contributed by atoms with Crippen LogP contribution < -0.4 is 4.72 Å². The summed E-state index contributed by atoms with van der Waals surface area (Å²) in [6.07, 6.45) is 4.32. The number of nitrogens with one attached hydrogen (secondary N) is 1. The zero-order chi connectivity index (χ0) is 22.4. The highest BCUT2D eigenvalue weighted by Gasteiger charge is 2.18. The van der Waals surface area contributed by atoms with E-state index in [-0.39, 0.29) is 6.54 Å². The molecular weight excluding hydrogens is 420 g/mol. The predicted octanol–water partition coefficient (Wildman–Crippen LogP) is 5.75. The lowest BCUT2D eigenvalue weighted by Crippen LogP contribution is -2.27. The summed E-state index contributed by atoms with van der Waals surface area (Å²) in [6, 6.07) is 23.2. The number of aryl methyl sites for hydroxylation is 1. The lowest BCUT2D eigenvalue weighted by Gasteiger charge is -2.11. The minimum Gasteiger partial charge on any atom is -0.441 e. The van der Waals surface area contributed by atoms with Crippen molar-refractivity contribution in [2.75, 3.05) is 6.54 Å². The number of aromatic nitrogens is 1. The molecule has 166 valence electrons. The van der Waals surface area contributed by atoms with Gasteiger partial charge in [0.1, 0.15) is 5.52 Å². The first-order valence-electron chi connectivity index (χ1n) is 11.1. The number of nitrogens with zero attached hydrogens (tertiary/aromatic N) is 1. The van der Waals surface area contributed by atoms with Crippen LogP contribution in [-0.4, -0.2) is 19.9 Å². The third kappa shape index (κ3) is 5.26. The third-order valence-electron chi connectivity index (χ3n) is 5.48. The monoisotopic (exact) mass is 448 g/mol. The van der Waals surface area contributed by atoms with Gasteiger partial charge in [-0.3, -0.25) is 0 Å². The minimum atomic E-state index is -3.59. The van der Waals surface area contributed by atoms with E-state index in [0.717, 1.165) is 47.9 Å². The fraction of sp³-hybridized carbons (Fsp3) is 0.269. The van der Waals surface area contributed by atoms with Crippen LogP contribution in [0.15, 0.2) is 82.1 Å². The maximum Gasteiger partial charge on any atom is 0.240 e. The van der Waals surface area contributed by atoms with E-state index in [9.17, 15) is 8.42 Å². The molecule has 4 rings (SSSR count). The lowest BCUT2D eigenvalue weighted by molar-refractivity contribution is 0.523. The fourth-order valence-electron chi connectivity index (χ4n) is 3.80. The SMILES string of the molecule is CCCCCc1ccccc1S(=O)(=O)NCCc1nc2cc(-c3ccccc3)ccc2o1. The number of oxazole rings is 1. The molecule has 0 spiro atoms. The molecule has 5 nitrogen and oxygen atoms in total. The van der Waals surface area contributed by atoms with E-state index in [2.05, 4.69) is 28.8 Å². The van der Waals surface area contributed by atoms with Crippen molar-refractivity contribution < 1.29 is 12.8 Å². The van der Waals surface area contributed by atoms with Crippen molar-refractivity contribution in [3.05, 3.63) is 84.3 Å². The van der Waals surface area contributed by atoms with Crippen molar-refractivity contribution >= 4 is 21.1 Å². The number of benzene rings is 3. The van der Waals surface area contributed by atoms with Crippen molar-refractivity contribution in [2.24, 2.45) is 0 Å². The minimum absolute atomic E-state index is 0.226. The van der Waals surface area contributed by atoms with Crippen LogP contribution in [0.4, 0.5) is 0 Å². The first-order chi connectivity index (χ1) is 15.6. The lowest BCUT2D eigenvalue weighted by atomic mass is 10.1.